The summed E-state index contributed by atoms with van der Waals surface area (Å²) in [4.78, 5) is 6.70. The van der Waals surface area contributed by atoms with Crippen LogP contribution in [0.2, 0.25) is 0 Å². The fourth-order valence-electron chi connectivity index (χ4n) is 2.47. The Bertz CT molecular complexity index is 1020. The number of nitrogens with zero attached hydrogens (tertiary/aromatic N) is 1. The Morgan fingerprint density at radius 3 is 2.58 bits per heavy atom. The number of aryl methyl sites for hydroxylation is 3. The summed E-state index contributed by atoms with van der Waals surface area (Å²) in [5.41, 5.74) is 2.73. The van der Waals surface area contributed by atoms with Crippen LogP contribution in [0.4, 0.5) is 0 Å². The number of thiophene rings is 1. The minimum atomic E-state index is -3.70. The number of hydrogen-bond acceptors (Lipinski definition) is 6. The molecule has 0 radical (unpaired) electrons. The highest BCUT2D eigenvalue weighted by atomic mass is 32.2. The monoisotopic (exact) mass is 408 g/mol. The molecule has 0 bridgehead atoms. The van der Waals surface area contributed by atoms with Gasteiger partial charge in [-0.15, -0.1) is 22.7 Å². The van der Waals surface area contributed by atoms with E-state index in [1.54, 1.807) is 23.5 Å². The van der Waals surface area contributed by atoms with Crippen LogP contribution in [0.15, 0.2) is 34.5 Å². The van der Waals surface area contributed by atoms with Gasteiger partial charge >= 0.3 is 0 Å². The summed E-state index contributed by atoms with van der Waals surface area (Å²) in [6.45, 7) is 5.91. The summed E-state index contributed by atoms with van der Waals surface area (Å²) in [6, 6.07) is 7.38. The normalized spacial score (nSPS) is 11.7. The van der Waals surface area contributed by atoms with Gasteiger partial charge in [-0.25, -0.2) is 18.1 Å². The zero-order chi connectivity index (χ0) is 18.9. The lowest BCUT2D eigenvalue weighted by Crippen LogP contribution is -2.24. The number of rotatable bonds is 6. The largest absolute Gasteiger partial charge is 0.495 e. The average molecular weight is 409 g/mol. The van der Waals surface area contributed by atoms with Crippen LogP contribution in [0.5, 0.6) is 5.75 Å². The van der Waals surface area contributed by atoms with E-state index in [2.05, 4.69) is 9.71 Å². The van der Waals surface area contributed by atoms with Gasteiger partial charge in [0.15, 0.2) is 0 Å². The van der Waals surface area contributed by atoms with Crippen molar-refractivity contribution in [2.45, 2.75) is 32.2 Å². The standard InChI is InChI=1S/C18H20N2O3S3/c1-11-8-14(23-4)17(9-12(11)2)26(21,22)19-10-16-13(3)20-18(25-16)15-6-5-7-24-15/h5-9,19H,10H2,1-4H3. The van der Waals surface area contributed by atoms with Crippen LogP contribution < -0.4 is 9.46 Å². The summed E-state index contributed by atoms with van der Waals surface area (Å²) < 4.78 is 33.5. The van der Waals surface area contributed by atoms with Crippen LogP contribution >= 0.6 is 22.7 Å². The van der Waals surface area contributed by atoms with Gasteiger partial charge in [-0.05, 0) is 55.5 Å². The highest BCUT2D eigenvalue weighted by Crippen LogP contribution is 2.32. The maximum Gasteiger partial charge on any atom is 0.244 e. The Labute approximate surface area is 161 Å². The van der Waals surface area contributed by atoms with E-state index >= 15 is 0 Å². The summed E-state index contributed by atoms with van der Waals surface area (Å²) in [5.74, 6) is 0.348. The molecule has 0 unspecified atom stereocenters. The van der Waals surface area contributed by atoms with Gasteiger partial charge in [-0.3, -0.25) is 0 Å². The molecule has 0 aliphatic carbocycles. The van der Waals surface area contributed by atoms with Crippen LogP contribution in [0.1, 0.15) is 21.7 Å². The first-order valence-electron chi connectivity index (χ1n) is 7.97. The summed E-state index contributed by atoms with van der Waals surface area (Å²) in [5, 5.41) is 2.91. The number of sulfonamides is 1. The minimum absolute atomic E-state index is 0.156. The second kappa shape index (κ2) is 7.48. The number of benzene rings is 1. The van der Waals surface area contributed by atoms with E-state index in [1.165, 1.54) is 18.4 Å². The maximum atomic E-state index is 12.8. The van der Waals surface area contributed by atoms with Crippen molar-refractivity contribution in [1.29, 1.82) is 0 Å². The molecule has 0 spiro atoms. The lowest BCUT2D eigenvalue weighted by atomic mass is 10.1. The molecule has 0 aliphatic heterocycles. The van der Waals surface area contributed by atoms with Gasteiger partial charge in [-0.1, -0.05) is 6.07 Å². The zero-order valence-corrected chi connectivity index (χ0v) is 17.4. The van der Waals surface area contributed by atoms with Gasteiger partial charge in [0.05, 0.1) is 17.7 Å². The van der Waals surface area contributed by atoms with E-state index < -0.39 is 10.0 Å². The first kappa shape index (κ1) is 19.0. The Hall–Kier alpha value is -1.74. The van der Waals surface area contributed by atoms with E-state index in [1.807, 2.05) is 38.3 Å². The predicted molar refractivity (Wildman–Crippen MR) is 107 cm³/mol. The molecule has 0 aliphatic rings. The minimum Gasteiger partial charge on any atom is -0.495 e. The molecule has 1 N–H and O–H groups in total. The Balaban J connectivity index is 1.85. The topological polar surface area (TPSA) is 68.3 Å². The third-order valence-electron chi connectivity index (χ3n) is 4.12. The van der Waals surface area contributed by atoms with Crippen molar-refractivity contribution in [2.75, 3.05) is 7.11 Å². The molecule has 8 heteroatoms. The predicted octanol–water partition coefficient (Wildman–Crippen LogP) is 4.28. The number of thiazole rings is 1. The smallest absolute Gasteiger partial charge is 0.244 e. The number of aromatic nitrogens is 1. The fraction of sp³-hybridized carbons (Fsp3) is 0.278. The highest BCUT2D eigenvalue weighted by molar-refractivity contribution is 7.89. The highest BCUT2D eigenvalue weighted by Gasteiger charge is 2.21. The lowest BCUT2D eigenvalue weighted by molar-refractivity contribution is 0.402. The second-order valence-corrected chi connectivity index (χ2v) is 9.68. The molecule has 5 nitrogen and oxygen atoms in total. The van der Waals surface area contributed by atoms with E-state index in [0.717, 1.165) is 31.6 Å². The van der Waals surface area contributed by atoms with Crippen molar-refractivity contribution in [3.05, 3.63) is 51.3 Å². The van der Waals surface area contributed by atoms with Gasteiger partial charge in [0.1, 0.15) is 15.7 Å². The van der Waals surface area contributed by atoms with Crippen LogP contribution in [0.25, 0.3) is 9.88 Å². The molecule has 0 saturated carbocycles. The van der Waals surface area contributed by atoms with Gasteiger partial charge in [-0.2, -0.15) is 0 Å². The zero-order valence-electron chi connectivity index (χ0n) is 15.0. The fourth-order valence-corrected chi connectivity index (χ4v) is 5.59. The molecule has 0 amide bonds. The second-order valence-electron chi connectivity index (χ2n) is 5.92. The third-order valence-corrected chi connectivity index (χ3v) is 7.74. The number of methoxy groups -OCH3 is 1. The SMILES string of the molecule is COc1cc(C)c(C)cc1S(=O)(=O)NCc1sc(-c2cccs2)nc1C. The Kier molecular flexibility index (Phi) is 5.47. The third kappa shape index (κ3) is 3.83. The quantitative estimate of drug-likeness (QED) is 0.661. The molecule has 0 fully saturated rings. The number of ether oxygens (including phenoxy) is 1. The van der Waals surface area contributed by atoms with Crippen molar-refractivity contribution >= 4 is 32.7 Å². The van der Waals surface area contributed by atoms with Gasteiger partial charge < -0.3 is 4.74 Å². The van der Waals surface area contributed by atoms with Crippen molar-refractivity contribution in [3.63, 3.8) is 0 Å². The van der Waals surface area contributed by atoms with E-state index in [-0.39, 0.29) is 11.4 Å². The van der Waals surface area contributed by atoms with Crippen molar-refractivity contribution in [3.8, 4) is 15.6 Å². The molecule has 3 aromatic rings. The Morgan fingerprint density at radius 2 is 1.92 bits per heavy atom. The molecular formula is C18H20N2O3S3. The van der Waals surface area contributed by atoms with Crippen LogP contribution in [-0.2, 0) is 16.6 Å². The van der Waals surface area contributed by atoms with Crippen LogP contribution in [0.3, 0.4) is 0 Å². The van der Waals surface area contributed by atoms with E-state index in [0.29, 0.717) is 5.75 Å². The molecule has 1 aromatic carbocycles. The summed E-state index contributed by atoms with van der Waals surface area (Å²) >= 11 is 3.13. The Morgan fingerprint density at radius 1 is 1.19 bits per heavy atom. The van der Waals surface area contributed by atoms with Gasteiger partial charge in [0.25, 0.3) is 0 Å². The molecule has 2 aromatic heterocycles. The molecule has 138 valence electrons. The summed E-state index contributed by atoms with van der Waals surface area (Å²) in [6.07, 6.45) is 0. The van der Waals surface area contributed by atoms with Crippen LogP contribution in [-0.4, -0.2) is 20.5 Å². The van der Waals surface area contributed by atoms with E-state index in [4.69, 9.17) is 4.74 Å². The molecular weight excluding hydrogens is 388 g/mol. The average Bonchev–Trinajstić information content (AvgIpc) is 3.24. The van der Waals surface area contributed by atoms with Gasteiger partial charge in [0, 0.05) is 11.4 Å². The molecule has 3 rings (SSSR count). The maximum absolute atomic E-state index is 12.8. The number of hydrogen-bond donors (Lipinski definition) is 1. The first-order valence-corrected chi connectivity index (χ1v) is 11.1. The summed E-state index contributed by atoms with van der Waals surface area (Å²) in [7, 11) is -2.22. The van der Waals surface area contributed by atoms with Gasteiger partial charge in [0.2, 0.25) is 10.0 Å². The molecule has 0 atom stereocenters. The van der Waals surface area contributed by atoms with Crippen molar-refractivity contribution < 1.29 is 13.2 Å². The first-order chi connectivity index (χ1) is 12.3. The molecule has 0 saturated heterocycles. The van der Waals surface area contributed by atoms with Crippen LogP contribution in [0, 0.1) is 20.8 Å². The van der Waals surface area contributed by atoms with E-state index in [9.17, 15) is 8.42 Å². The van der Waals surface area contributed by atoms with Crippen molar-refractivity contribution in [1.82, 2.24) is 9.71 Å². The number of nitrogens with one attached hydrogen (secondary N) is 1. The molecule has 2 heterocycles. The lowest BCUT2D eigenvalue weighted by Gasteiger charge is -2.13. The molecule has 26 heavy (non-hydrogen) atoms. The van der Waals surface area contributed by atoms with Crippen molar-refractivity contribution in [2.24, 2.45) is 0 Å².